The minimum absolute atomic E-state index is 0.0414. The molecule has 0 aliphatic heterocycles. The molecule has 6 nitrogen and oxygen atoms in total. The molecule has 7 heteroatoms. The fourth-order valence-corrected chi connectivity index (χ4v) is 2.76. The number of nitrogens with two attached hydrogens (primary N) is 1. The molecule has 0 atom stereocenters. The van der Waals surface area contributed by atoms with Gasteiger partial charge in [0.1, 0.15) is 16.5 Å². The molecule has 3 N–H and O–H groups in total. The average molecular weight is 307 g/mol. The molecule has 0 bridgehead atoms. The van der Waals surface area contributed by atoms with Crippen LogP contribution in [0.25, 0.3) is 0 Å². The predicted molar refractivity (Wildman–Crippen MR) is 81.8 cm³/mol. The van der Waals surface area contributed by atoms with Crippen molar-refractivity contribution in [3.8, 4) is 5.75 Å². The molecule has 2 aromatic rings. The summed E-state index contributed by atoms with van der Waals surface area (Å²) >= 11 is 0. The summed E-state index contributed by atoms with van der Waals surface area (Å²) in [6.07, 6.45) is 1.21. The number of aromatic nitrogens is 1. The number of sulfonamides is 1. The van der Waals surface area contributed by atoms with Crippen LogP contribution in [0.2, 0.25) is 0 Å². The Morgan fingerprint density at radius 3 is 2.67 bits per heavy atom. The lowest BCUT2D eigenvalue weighted by Crippen LogP contribution is -2.14. The zero-order valence-corrected chi connectivity index (χ0v) is 12.6. The van der Waals surface area contributed by atoms with Crippen molar-refractivity contribution in [2.45, 2.75) is 18.7 Å². The summed E-state index contributed by atoms with van der Waals surface area (Å²) in [5.41, 5.74) is 6.83. The lowest BCUT2D eigenvalue weighted by Gasteiger charge is -2.13. The first kappa shape index (κ1) is 15.1. The number of hydrogen-bond donors (Lipinski definition) is 2. The van der Waals surface area contributed by atoms with Crippen LogP contribution >= 0.6 is 0 Å². The minimum Gasteiger partial charge on any atom is -0.492 e. The van der Waals surface area contributed by atoms with E-state index in [2.05, 4.69) is 9.71 Å². The smallest absolute Gasteiger partial charge is 0.263 e. The maximum Gasteiger partial charge on any atom is 0.263 e. The molecule has 0 amide bonds. The molecule has 0 spiro atoms. The van der Waals surface area contributed by atoms with E-state index in [-0.39, 0.29) is 10.7 Å². The Bertz CT molecular complexity index is 728. The van der Waals surface area contributed by atoms with Gasteiger partial charge in [-0.15, -0.1) is 0 Å². The third kappa shape index (κ3) is 3.63. The van der Waals surface area contributed by atoms with Crippen molar-refractivity contribution in [3.05, 3.63) is 42.1 Å². The van der Waals surface area contributed by atoms with Crippen LogP contribution in [0.1, 0.15) is 12.5 Å². The molecular formula is C14H17N3O3S. The number of pyridine rings is 1. The van der Waals surface area contributed by atoms with Gasteiger partial charge in [-0.1, -0.05) is 6.07 Å². The Hall–Kier alpha value is -2.28. The second-order valence-electron chi connectivity index (χ2n) is 4.46. The first-order chi connectivity index (χ1) is 9.92. The first-order valence-corrected chi connectivity index (χ1v) is 7.88. The number of aryl methyl sites for hydroxylation is 1. The van der Waals surface area contributed by atoms with Gasteiger partial charge >= 0.3 is 0 Å². The third-order valence-corrected chi connectivity index (χ3v) is 4.10. The van der Waals surface area contributed by atoms with Crippen LogP contribution in [0.15, 0.2) is 41.4 Å². The fourth-order valence-electron chi connectivity index (χ4n) is 1.74. The number of anilines is 2. The van der Waals surface area contributed by atoms with E-state index in [9.17, 15) is 8.42 Å². The van der Waals surface area contributed by atoms with Crippen LogP contribution in [0.3, 0.4) is 0 Å². The second kappa shape index (κ2) is 6.01. The second-order valence-corrected chi connectivity index (χ2v) is 6.14. The minimum atomic E-state index is -3.73. The quantitative estimate of drug-likeness (QED) is 0.883. The van der Waals surface area contributed by atoms with Crippen LogP contribution in [0, 0.1) is 6.92 Å². The zero-order valence-electron chi connectivity index (χ0n) is 11.8. The molecule has 0 aliphatic rings. The highest BCUT2D eigenvalue weighted by molar-refractivity contribution is 7.92. The Kier molecular flexibility index (Phi) is 4.32. The van der Waals surface area contributed by atoms with E-state index in [4.69, 9.17) is 10.5 Å². The van der Waals surface area contributed by atoms with Crippen molar-refractivity contribution in [3.63, 3.8) is 0 Å². The van der Waals surface area contributed by atoms with Crippen molar-refractivity contribution in [1.82, 2.24) is 4.98 Å². The highest BCUT2D eigenvalue weighted by Crippen LogP contribution is 2.28. The van der Waals surface area contributed by atoms with E-state index in [1.165, 1.54) is 18.3 Å². The van der Waals surface area contributed by atoms with Gasteiger partial charge in [0.05, 0.1) is 12.3 Å². The zero-order chi connectivity index (χ0) is 15.5. The lowest BCUT2D eigenvalue weighted by atomic mass is 10.2. The van der Waals surface area contributed by atoms with Crippen LogP contribution in [0.5, 0.6) is 5.75 Å². The summed E-state index contributed by atoms with van der Waals surface area (Å²) < 4.78 is 32.6. The highest BCUT2D eigenvalue weighted by Gasteiger charge is 2.17. The standard InChI is InChI=1S/C14H17N3O3S/c1-3-20-13-8-10(2)4-6-12(13)17-21(18,19)11-5-7-14(15)16-9-11/h4-9,17H,3H2,1-2H3,(H2,15,16). The van der Waals surface area contributed by atoms with E-state index in [0.717, 1.165) is 5.56 Å². The summed E-state index contributed by atoms with van der Waals surface area (Å²) in [5.74, 6) is 0.753. The summed E-state index contributed by atoms with van der Waals surface area (Å²) in [7, 11) is -3.73. The molecular weight excluding hydrogens is 290 g/mol. The van der Waals surface area contributed by atoms with Crippen LogP contribution in [-0.4, -0.2) is 20.0 Å². The summed E-state index contributed by atoms with van der Waals surface area (Å²) in [6, 6.07) is 8.10. The predicted octanol–water partition coefficient (Wildman–Crippen LogP) is 2.17. The molecule has 0 saturated heterocycles. The van der Waals surface area contributed by atoms with Crippen molar-refractivity contribution in [1.29, 1.82) is 0 Å². The average Bonchev–Trinajstić information content (AvgIpc) is 2.42. The number of nitrogens with zero attached hydrogens (tertiary/aromatic N) is 1. The van der Waals surface area contributed by atoms with Crippen LogP contribution < -0.4 is 15.2 Å². The number of nitrogens with one attached hydrogen (secondary N) is 1. The summed E-state index contributed by atoms with van der Waals surface area (Å²) in [6.45, 7) is 4.19. The van der Waals surface area contributed by atoms with Gasteiger partial charge < -0.3 is 10.5 Å². The molecule has 0 fully saturated rings. The van der Waals surface area contributed by atoms with Crippen LogP contribution in [0.4, 0.5) is 11.5 Å². The topological polar surface area (TPSA) is 94.3 Å². The molecule has 0 saturated carbocycles. The lowest BCUT2D eigenvalue weighted by molar-refractivity contribution is 0.342. The van der Waals surface area contributed by atoms with E-state index in [1.807, 2.05) is 19.9 Å². The fraction of sp³-hybridized carbons (Fsp3) is 0.214. The molecule has 2 rings (SSSR count). The van der Waals surface area contributed by atoms with E-state index in [0.29, 0.717) is 18.0 Å². The third-order valence-electron chi connectivity index (χ3n) is 2.75. The maximum atomic E-state index is 12.3. The van der Waals surface area contributed by atoms with Gasteiger partial charge in [-0.05, 0) is 43.7 Å². The first-order valence-electron chi connectivity index (χ1n) is 6.40. The summed E-state index contributed by atoms with van der Waals surface area (Å²) in [5, 5.41) is 0. The van der Waals surface area contributed by atoms with Gasteiger partial charge in [0.25, 0.3) is 10.0 Å². The Morgan fingerprint density at radius 2 is 2.05 bits per heavy atom. The monoisotopic (exact) mass is 307 g/mol. The van der Waals surface area contributed by atoms with Crippen molar-refractivity contribution >= 4 is 21.5 Å². The molecule has 0 radical (unpaired) electrons. The number of ether oxygens (including phenoxy) is 1. The van der Waals surface area contributed by atoms with Gasteiger partial charge in [-0.25, -0.2) is 13.4 Å². The van der Waals surface area contributed by atoms with Gasteiger partial charge in [-0.3, -0.25) is 4.72 Å². The highest BCUT2D eigenvalue weighted by atomic mass is 32.2. The number of rotatable bonds is 5. The van der Waals surface area contributed by atoms with Crippen LogP contribution in [-0.2, 0) is 10.0 Å². The van der Waals surface area contributed by atoms with Crippen molar-refractivity contribution in [2.24, 2.45) is 0 Å². The number of benzene rings is 1. The summed E-state index contributed by atoms with van der Waals surface area (Å²) in [4.78, 5) is 3.83. The number of nitrogen functional groups attached to an aromatic ring is 1. The van der Waals surface area contributed by atoms with Gasteiger partial charge in [0.2, 0.25) is 0 Å². The molecule has 0 unspecified atom stereocenters. The molecule has 0 aliphatic carbocycles. The maximum absolute atomic E-state index is 12.3. The van der Waals surface area contributed by atoms with E-state index < -0.39 is 10.0 Å². The normalized spacial score (nSPS) is 11.1. The van der Waals surface area contributed by atoms with Gasteiger partial charge in [0, 0.05) is 6.20 Å². The molecule has 21 heavy (non-hydrogen) atoms. The van der Waals surface area contributed by atoms with Crippen molar-refractivity contribution in [2.75, 3.05) is 17.1 Å². The largest absolute Gasteiger partial charge is 0.492 e. The molecule has 1 heterocycles. The van der Waals surface area contributed by atoms with E-state index >= 15 is 0 Å². The molecule has 112 valence electrons. The SMILES string of the molecule is CCOc1cc(C)ccc1NS(=O)(=O)c1ccc(N)nc1. The van der Waals surface area contributed by atoms with Gasteiger partial charge in [-0.2, -0.15) is 0 Å². The molecule has 1 aromatic carbocycles. The number of hydrogen-bond acceptors (Lipinski definition) is 5. The van der Waals surface area contributed by atoms with E-state index in [1.54, 1.807) is 12.1 Å². The molecule has 1 aromatic heterocycles. The Balaban J connectivity index is 2.34. The Morgan fingerprint density at radius 1 is 1.29 bits per heavy atom. The van der Waals surface area contributed by atoms with Gasteiger partial charge in [0.15, 0.2) is 0 Å². The Labute approximate surface area is 124 Å². The van der Waals surface area contributed by atoms with Crippen molar-refractivity contribution < 1.29 is 13.2 Å².